The third kappa shape index (κ3) is 4.65. The number of rotatable bonds is 6. The van der Waals surface area contributed by atoms with Crippen LogP contribution in [0.1, 0.15) is 33.1 Å². The summed E-state index contributed by atoms with van der Waals surface area (Å²) in [6.07, 6.45) is 2.82. The zero-order valence-electron chi connectivity index (χ0n) is 8.05. The van der Waals surface area contributed by atoms with Gasteiger partial charge in [0.2, 0.25) is 5.91 Å². The Morgan fingerprint density at radius 2 is 2.08 bits per heavy atom. The predicted octanol–water partition coefficient (Wildman–Crippen LogP) is 1.95. The minimum Gasteiger partial charge on any atom is -0.343 e. The van der Waals surface area contributed by atoms with E-state index in [-0.39, 0.29) is 5.91 Å². The molecule has 0 spiro atoms. The van der Waals surface area contributed by atoms with Gasteiger partial charge in [-0.2, -0.15) is 12.6 Å². The van der Waals surface area contributed by atoms with Crippen molar-refractivity contribution in [2.75, 3.05) is 18.8 Å². The lowest BCUT2D eigenvalue weighted by Gasteiger charge is -2.19. The fourth-order valence-electron chi connectivity index (χ4n) is 1.06. The molecule has 0 aliphatic rings. The van der Waals surface area contributed by atoms with Crippen molar-refractivity contribution in [1.29, 1.82) is 0 Å². The molecule has 0 saturated heterocycles. The molecular weight excluding hydrogens is 170 g/mol. The number of nitrogens with zero attached hydrogens (tertiary/aromatic N) is 1. The van der Waals surface area contributed by atoms with Gasteiger partial charge in [-0.1, -0.05) is 13.3 Å². The molecule has 0 unspecified atom stereocenters. The minimum atomic E-state index is 0.237. The first-order valence-electron chi connectivity index (χ1n) is 4.64. The van der Waals surface area contributed by atoms with Crippen LogP contribution in [-0.2, 0) is 4.79 Å². The lowest BCUT2D eigenvalue weighted by atomic mass is 10.3. The van der Waals surface area contributed by atoms with Crippen molar-refractivity contribution in [3.05, 3.63) is 0 Å². The lowest BCUT2D eigenvalue weighted by Crippen LogP contribution is -2.31. The number of hydrogen-bond acceptors (Lipinski definition) is 2. The van der Waals surface area contributed by atoms with Crippen LogP contribution >= 0.6 is 12.6 Å². The van der Waals surface area contributed by atoms with Crippen molar-refractivity contribution in [3.8, 4) is 0 Å². The number of hydrogen-bond donors (Lipinski definition) is 1. The van der Waals surface area contributed by atoms with E-state index in [2.05, 4.69) is 19.6 Å². The maximum absolute atomic E-state index is 11.4. The van der Waals surface area contributed by atoms with Crippen LogP contribution in [0.4, 0.5) is 0 Å². The maximum atomic E-state index is 11.4. The molecule has 0 radical (unpaired) electrons. The minimum absolute atomic E-state index is 0.237. The molecule has 0 aromatic rings. The van der Waals surface area contributed by atoms with Crippen LogP contribution in [0.2, 0.25) is 0 Å². The average molecular weight is 189 g/mol. The van der Waals surface area contributed by atoms with Gasteiger partial charge in [-0.3, -0.25) is 4.79 Å². The molecule has 72 valence electrons. The first-order valence-corrected chi connectivity index (χ1v) is 5.28. The highest BCUT2D eigenvalue weighted by atomic mass is 32.1. The van der Waals surface area contributed by atoms with Crippen LogP contribution < -0.4 is 0 Å². The first kappa shape index (κ1) is 11.8. The highest BCUT2D eigenvalue weighted by molar-refractivity contribution is 7.80. The molecule has 2 nitrogen and oxygen atoms in total. The van der Waals surface area contributed by atoms with Crippen LogP contribution in [0, 0.1) is 0 Å². The van der Waals surface area contributed by atoms with Gasteiger partial charge < -0.3 is 4.90 Å². The lowest BCUT2D eigenvalue weighted by molar-refractivity contribution is -0.130. The van der Waals surface area contributed by atoms with Crippen molar-refractivity contribution >= 4 is 18.5 Å². The van der Waals surface area contributed by atoms with Crippen molar-refractivity contribution in [2.45, 2.75) is 33.1 Å². The highest BCUT2D eigenvalue weighted by Gasteiger charge is 2.08. The second kappa shape index (κ2) is 7.47. The summed E-state index contributed by atoms with van der Waals surface area (Å²) in [5.74, 6) is 0.891. The largest absolute Gasteiger partial charge is 0.343 e. The summed E-state index contributed by atoms with van der Waals surface area (Å²) < 4.78 is 0. The van der Waals surface area contributed by atoms with E-state index < -0.39 is 0 Å². The van der Waals surface area contributed by atoms with E-state index in [1.165, 1.54) is 0 Å². The Balaban J connectivity index is 3.71. The molecule has 1 amide bonds. The van der Waals surface area contributed by atoms with Gasteiger partial charge in [-0.05, 0) is 19.1 Å². The summed E-state index contributed by atoms with van der Waals surface area (Å²) in [7, 11) is 0. The molecule has 3 heteroatoms. The number of thiol groups is 1. The molecule has 0 aliphatic carbocycles. The molecule has 0 bridgehead atoms. The average Bonchev–Trinajstić information content (AvgIpc) is 2.06. The number of unbranched alkanes of at least 4 members (excludes halogenated alkanes) is 1. The topological polar surface area (TPSA) is 20.3 Å². The number of amides is 1. The van der Waals surface area contributed by atoms with E-state index >= 15 is 0 Å². The van der Waals surface area contributed by atoms with E-state index in [1.54, 1.807) is 0 Å². The highest BCUT2D eigenvalue weighted by Crippen LogP contribution is 1.99. The fraction of sp³-hybridized carbons (Fsp3) is 0.889. The summed E-state index contributed by atoms with van der Waals surface area (Å²) in [5.41, 5.74) is 0. The van der Waals surface area contributed by atoms with E-state index in [4.69, 9.17) is 0 Å². The van der Waals surface area contributed by atoms with Crippen molar-refractivity contribution in [2.24, 2.45) is 0 Å². The van der Waals surface area contributed by atoms with Gasteiger partial charge in [0.25, 0.3) is 0 Å². The number of carbonyl (C=O) groups excluding carboxylic acids is 1. The van der Waals surface area contributed by atoms with E-state index in [9.17, 15) is 4.79 Å². The SMILES string of the molecule is CCCCN(CC)C(=O)CCS. The molecule has 0 heterocycles. The normalized spacial score (nSPS) is 9.92. The Kier molecular flexibility index (Phi) is 7.36. The standard InChI is InChI=1S/C9H19NOS/c1-3-5-7-10(4-2)9(11)6-8-12/h12H,3-8H2,1-2H3. The molecule has 0 aromatic carbocycles. The van der Waals surface area contributed by atoms with Gasteiger partial charge in [-0.15, -0.1) is 0 Å². The zero-order chi connectivity index (χ0) is 9.40. The Morgan fingerprint density at radius 1 is 1.42 bits per heavy atom. The second-order valence-corrected chi connectivity index (χ2v) is 3.25. The van der Waals surface area contributed by atoms with Gasteiger partial charge in [-0.25, -0.2) is 0 Å². The van der Waals surface area contributed by atoms with Crippen molar-refractivity contribution < 1.29 is 4.79 Å². The van der Waals surface area contributed by atoms with Gasteiger partial charge in [0, 0.05) is 19.5 Å². The Morgan fingerprint density at radius 3 is 2.50 bits per heavy atom. The van der Waals surface area contributed by atoms with Crippen LogP contribution in [0.25, 0.3) is 0 Å². The Hall–Kier alpha value is -0.180. The summed E-state index contributed by atoms with van der Waals surface area (Å²) in [4.78, 5) is 13.3. The number of carbonyl (C=O) groups is 1. The smallest absolute Gasteiger partial charge is 0.223 e. The van der Waals surface area contributed by atoms with Crippen molar-refractivity contribution in [1.82, 2.24) is 4.90 Å². The molecule has 0 atom stereocenters. The van der Waals surface area contributed by atoms with Crippen LogP contribution in [-0.4, -0.2) is 29.6 Å². The third-order valence-corrected chi connectivity index (χ3v) is 2.07. The fourth-order valence-corrected chi connectivity index (χ4v) is 1.25. The molecule has 0 rings (SSSR count). The third-order valence-electron chi connectivity index (χ3n) is 1.84. The first-order chi connectivity index (χ1) is 5.76. The van der Waals surface area contributed by atoms with Crippen LogP contribution in [0.5, 0.6) is 0 Å². The maximum Gasteiger partial charge on any atom is 0.223 e. The quantitative estimate of drug-likeness (QED) is 0.633. The molecular formula is C9H19NOS. The zero-order valence-corrected chi connectivity index (χ0v) is 8.94. The van der Waals surface area contributed by atoms with Gasteiger partial charge in [0.05, 0.1) is 0 Å². The molecule has 12 heavy (non-hydrogen) atoms. The molecule has 0 fully saturated rings. The summed E-state index contributed by atoms with van der Waals surface area (Å²) >= 11 is 4.04. The molecule has 0 N–H and O–H groups in total. The van der Waals surface area contributed by atoms with E-state index in [1.807, 2.05) is 11.8 Å². The predicted molar refractivity (Wildman–Crippen MR) is 55.6 cm³/mol. The summed E-state index contributed by atoms with van der Waals surface area (Å²) in [6.45, 7) is 5.88. The molecule has 0 aromatic heterocycles. The summed E-state index contributed by atoms with van der Waals surface area (Å²) in [5, 5.41) is 0. The van der Waals surface area contributed by atoms with E-state index in [0.717, 1.165) is 25.9 Å². The van der Waals surface area contributed by atoms with E-state index in [0.29, 0.717) is 12.2 Å². The van der Waals surface area contributed by atoms with Crippen molar-refractivity contribution in [3.63, 3.8) is 0 Å². The Labute approximate surface area is 80.7 Å². The van der Waals surface area contributed by atoms with Crippen LogP contribution in [0.15, 0.2) is 0 Å². The molecule has 0 aliphatic heterocycles. The second-order valence-electron chi connectivity index (χ2n) is 2.80. The van der Waals surface area contributed by atoms with Gasteiger partial charge in [0.1, 0.15) is 0 Å². The monoisotopic (exact) mass is 189 g/mol. The Bertz CT molecular complexity index is 128. The summed E-state index contributed by atoms with van der Waals surface area (Å²) in [6, 6.07) is 0. The molecule has 0 saturated carbocycles. The van der Waals surface area contributed by atoms with Gasteiger partial charge >= 0.3 is 0 Å². The van der Waals surface area contributed by atoms with Gasteiger partial charge in [0.15, 0.2) is 0 Å². The van der Waals surface area contributed by atoms with Crippen LogP contribution in [0.3, 0.4) is 0 Å².